The zero-order valence-corrected chi connectivity index (χ0v) is 25.9. The Balaban J connectivity index is 2.25. The van der Waals surface area contributed by atoms with Crippen LogP contribution in [0.5, 0.6) is 0 Å². The average Bonchev–Trinajstić information content (AvgIpc) is 3.05. The Hall–Kier alpha value is -4.85. The molecule has 258 valence electrons. The van der Waals surface area contributed by atoms with Crippen molar-refractivity contribution in [3.63, 3.8) is 0 Å². The third-order valence-corrected chi connectivity index (χ3v) is 5.65. The van der Waals surface area contributed by atoms with Crippen LogP contribution in [0.2, 0.25) is 0 Å². The van der Waals surface area contributed by atoms with E-state index < -0.39 is 27.5 Å². The molecule has 0 spiro atoms. The maximum Gasteiger partial charge on any atom is 0.299 e. The number of carbonyl (C=O) groups is 3. The number of non-ortho nitro benzene ring substituents is 1. The zero-order valence-electron chi connectivity index (χ0n) is 25.9. The number of nitro groups is 2. The summed E-state index contributed by atoms with van der Waals surface area (Å²) in [6.45, 7) is 1.40. The van der Waals surface area contributed by atoms with E-state index in [4.69, 9.17) is 36.5 Å². The molecule has 0 atom stereocenters. The molecule has 0 aliphatic heterocycles. The summed E-state index contributed by atoms with van der Waals surface area (Å²) in [7, 11) is 0. The summed E-state index contributed by atoms with van der Waals surface area (Å²) in [6.07, 6.45) is 10.4. The largest absolute Gasteiger partial charge is 0.379 e. The van der Waals surface area contributed by atoms with Crippen LogP contribution >= 0.6 is 0 Å². The van der Waals surface area contributed by atoms with Gasteiger partial charge in [0.15, 0.2) is 0 Å². The smallest absolute Gasteiger partial charge is 0.299 e. The Morgan fingerprint density at radius 1 is 0.745 bits per heavy atom. The average molecular weight is 665 g/mol. The standard InChI is InChI=1S/C29H40N6O12/c1-3-9-31-27(36)7-12-45-20-23(21-46-13-8-28(37)32-10-4-2)33-29(38)22-47-18-17-44-16-15-43-14-11-30-25-6-5-24(34(39)40)19-26(25)35(41)42/h1-2,5-6,19,23,30H,7-18,20-22H2,(H,31,36)(H,32,37)(H,33,38). The summed E-state index contributed by atoms with van der Waals surface area (Å²) >= 11 is 0. The lowest BCUT2D eigenvalue weighted by Gasteiger charge is -2.19. The lowest BCUT2D eigenvalue weighted by Crippen LogP contribution is -2.43. The third kappa shape index (κ3) is 20.0. The van der Waals surface area contributed by atoms with Crippen LogP contribution in [-0.4, -0.2) is 119 Å². The number of hydrogen-bond donors (Lipinski definition) is 4. The first-order chi connectivity index (χ1) is 22.7. The molecule has 0 saturated heterocycles. The monoisotopic (exact) mass is 664 g/mol. The second-order valence-electron chi connectivity index (χ2n) is 9.30. The van der Waals surface area contributed by atoms with Crippen LogP contribution in [0.25, 0.3) is 0 Å². The fourth-order valence-corrected chi connectivity index (χ4v) is 3.45. The lowest BCUT2D eigenvalue weighted by atomic mass is 10.2. The van der Waals surface area contributed by atoms with E-state index in [1.54, 1.807) is 0 Å². The highest BCUT2D eigenvalue weighted by molar-refractivity contribution is 5.77. The molecule has 1 aromatic carbocycles. The van der Waals surface area contributed by atoms with Crippen molar-refractivity contribution in [2.24, 2.45) is 0 Å². The summed E-state index contributed by atoms with van der Waals surface area (Å²) in [6, 6.07) is 2.73. The number of anilines is 1. The Morgan fingerprint density at radius 3 is 1.83 bits per heavy atom. The minimum Gasteiger partial charge on any atom is -0.379 e. The molecule has 4 N–H and O–H groups in total. The molecule has 18 heteroatoms. The van der Waals surface area contributed by atoms with Crippen LogP contribution in [0.15, 0.2) is 18.2 Å². The predicted octanol–water partition coefficient (Wildman–Crippen LogP) is -0.238. The van der Waals surface area contributed by atoms with E-state index in [1.807, 2.05) is 0 Å². The highest BCUT2D eigenvalue weighted by Crippen LogP contribution is 2.28. The van der Waals surface area contributed by atoms with Gasteiger partial charge in [0.25, 0.3) is 11.4 Å². The van der Waals surface area contributed by atoms with Crippen molar-refractivity contribution >= 4 is 34.8 Å². The van der Waals surface area contributed by atoms with Crippen LogP contribution in [0.1, 0.15) is 12.8 Å². The molecule has 47 heavy (non-hydrogen) atoms. The fraction of sp³-hybridized carbons (Fsp3) is 0.552. The van der Waals surface area contributed by atoms with Crippen LogP contribution in [0, 0.1) is 44.9 Å². The molecule has 0 unspecified atom stereocenters. The molecule has 18 nitrogen and oxygen atoms in total. The first-order valence-electron chi connectivity index (χ1n) is 14.4. The van der Waals surface area contributed by atoms with E-state index in [-0.39, 0.29) is 122 Å². The van der Waals surface area contributed by atoms with Crippen LogP contribution in [0.4, 0.5) is 17.1 Å². The van der Waals surface area contributed by atoms with E-state index in [2.05, 4.69) is 33.1 Å². The van der Waals surface area contributed by atoms with Gasteiger partial charge in [0.05, 0.1) is 94.5 Å². The number of amides is 3. The molecule has 0 radical (unpaired) electrons. The van der Waals surface area contributed by atoms with Crippen molar-refractivity contribution in [3.8, 4) is 24.7 Å². The van der Waals surface area contributed by atoms with Gasteiger partial charge in [-0.3, -0.25) is 34.6 Å². The quantitative estimate of drug-likeness (QED) is 0.0412. The predicted molar refractivity (Wildman–Crippen MR) is 167 cm³/mol. The highest BCUT2D eigenvalue weighted by atomic mass is 16.6. The molecule has 3 amide bonds. The van der Waals surface area contributed by atoms with Gasteiger partial charge in [-0.15, -0.1) is 12.8 Å². The SMILES string of the molecule is C#CCNC(=O)CCOCC(COCCC(=O)NCC#C)NC(=O)COCCOCCOCCNc1ccc([N+](=O)[O-])cc1[N+](=O)[O-]. The Bertz CT molecular complexity index is 1200. The van der Waals surface area contributed by atoms with Crippen molar-refractivity contribution in [2.45, 2.75) is 18.9 Å². The van der Waals surface area contributed by atoms with Gasteiger partial charge >= 0.3 is 0 Å². The minimum absolute atomic E-state index is 0.0425. The number of benzene rings is 1. The van der Waals surface area contributed by atoms with Crippen molar-refractivity contribution in [1.82, 2.24) is 16.0 Å². The van der Waals surface area contributed by atoms with Crippen molar-refractivity contribution < 1.29 is 47.9 Å². The number of rotatable bonds is 27. The van der Waals surface area contributed by atoms with Gasteiger partial charge < -0.3 is 45.0 Å². The lowest BCUT2D eigenvalue weighted by molar-refractivity contribution is -0.393. The molecule has 0 aromatic heterocycles. The Labute approximate surface area is 271 Å². The summed E-state index contributed by atoms with van der Waals surface area (Å²) in [5, 5.41) is 32.6. The summed E-state index contributed by atoms with van der Waals surface area (Å²) in [5.41, 5.74) is -0.659. The number of ether oxygens (including phenoxy) is 5. The maximum absolute atomic E-state index is 12.4. The Kier molecular flexibility index (Phi) is 21.7. The van der Waals surface area contributed by atoms with Gasteiger partial charge in [-0.05, 0) is 6.07 Å². The number of hydrogen-bond acceptors (Lipinski definition) is 13. The van der Waals surface area contributed by atoms with Gasteiger partial charge in [0, 0.05) is 25.5 Å². The van der Waals surface area contributed by atoms with Gasteiger partial charge in [-0.2, -0.15) is 0 Å². The molecule has 0 fully saturated rings. The number of terminal acetylenes is 2. The van der Waals surface area contributed by atoms with Crippen LogP contribution < -0.4 is 21.3 Å². The van der Waals surface area contributed by atoms with Crippen LogP contribution in [0.3, 0.4) is 0 Å². The summed E-state index contributed by atoms with van der Waals surface area (Å²) in [4.78, 5) is 56.2. The molecule has 0 heterocycles. The normalized spacial score (nSPS) is 10.4. The summed E-state index contributed by atoms with van der Waals surface area (Å²) < 4.78 is 27.1. The van der Waals surface area contributed by atoms with E-state index in [9.17, 15) is 34.6 Å². The Morgan fingerprint density at radius 2 is 1.30 bits per heavy atom. The number of nitrogens with one attached hydrogen (secondary N) is 4. The zero-order chi connectivity index (χ0) is 34.7. The van der Waals surface area contributed by atoms with E-state index in [1.165, 1.54) is 12.1 Å². The second-order valence-corrected chi connectivity index (χ2v) is 9.30. The second kappa shape index (κ2) is 25.4. The van der Waals surface area contributed by atoms with Gasteiger partial charge in [-0.1, -0.05) is 11.8 Å². The number of nitro benzene ring substituents is 2. The van der Waals surface area contributed by atoms with E-state index in [0.29, 0.717) is 0 Å². The number of carbonyl (C=O) groups excluding carboxylic acids is 3. The van der Waals surface area contributed by atoms with Crippen molar-refractivity contribution in [1.29, 1.82) is 0 Å². The van der Waals surface area contributed by atoms with Crippen molar-refractivity contribution in [2.75, 3.05) is 91.0 Å². The maximum atomic E-state index is 12.4. The van der Waals surface area contributed by atoms with Crippen LogP contribution in [-0.2, 0) is 38.1 Å². The molecular weight excluding hydrogens is 624 g/mol. The molecule has 0 aliphatic rings. The topological polar surface area (TPSA) is 232 Å². The van der Waals surface area contributed by atoms with Gasteiger partial charge in [0.1, 0.15) is 12.3 Å². The molecule has 1 rings (SSSR count). The highest BCUT2D eigenvalue weighted by Gasteiger charge is 2.19. The third-order valence-electron chi connectivity index (χ3n) is 5.65. The first-order valence-corrected chi connectivity index (χ1v) is 14.4. The molecule has 1 aromatic rings. The van der Waals surface area contributed by atoms with Crippen molar-refractivity contribution in [3.05, 3.63) is 38.4 Å². The molecule has 0 aliphatic carbocycles. The van der Waals surface area contributed by atoms with E-state index in [0.717, 1.165) is 6.07 Å². The number of nitrogens with zero attached hydrogens (tertiary/aromatic N) is 2. The molecule has 0 bridgehead atoms. The first kappa shape index (κ1) is 40.2. The molecular formula is C29H40N6O12. The minimum atomic E-state index is -0.711. The summed E-state index contributed by atoms with van der Waals surface area (Å²) in [5.74, 6) is 3.61. The van der Waals surface area contributed by atoms with Gasteiger partial charge in [0.2, 0.25) is 17.7 Å². The van der Waals surface area contributed by atoms with E-state index >= 15 is 0 Å². The van der Waals surface area contributed by atoms with Gasteiger partial charge in [-0.25, -0.2) is 0 Å². The molecule has 0 saturated carbocycles. The fourth-order valence-electron chi connectivity index (χ4n) is 3.45.